The van der Waals surface area contributed by atoms with Crippen molar-refractivity contribution in [3.63, 3.8) is 0 Å². The van der Waals surface area contributed by atoms with Crippen molar-refractivity contribution in [2.75, 3.05) is 24.4 Å². The summed E-state index contributed by atoms with van der Waals surface area (Å²) in [5.41, 5.74) is 3.71. The SMILES string of the molecule is CN(c1ccc2c(c1)nc(C(C)(C)C)n2CC1CCN(Cc2ccccc2)C1)S(=O)(=O)c1ccccc1. The van der Waals surface area contributed by atoms with Gasteiger partial charge in [0.1, 0.15) is 5.82 Å². The highest BCUT2D eigenvalue weighted by Gasteiger charge is 2.29. The standard InChI is InChI=1S/C30H36N4O2S/c1-30(2,3)29-31-27-19-25(32(4)37(35,36)26-13-9-6-10-14-26)15-16-28(27)34(29)22-24-17-18-33(21-24)20-23-11-7-5-8-12-23/h5-16,19,24H,17-18,20-22H2,1-4H3. The van der Waals surface area contributed by atoms with E-state index in [-0.39, 0.29) is 10.3 Å². The molecule has 1 fully saturated rings. The number of likely N-dealkylation sites (tertiary alicyclic amines) is 1. The minimum absolute atomic E-state index is 0.135. The smallest absolute Gasteiger partial charge is 0.264 e. The van der Waals surface area contributed by atoms with Crippen molar-refractivity contribution in [1.29, 1.82) is 0 Å². The molecule has 1 aliphatic rings. The van der Waals surface area contributed by atoms with Crippen molar-refractivity contribution in [2.24, 2.45) is 5.92 Å². The molecule has 1 aliphatic heterocycles. The first kappa shape index (κ1) is 25.5. The summed E-state index contributed by atoms with van der Waals surface area (Å²) in [6, 6.07) is 25.0. The van der Waals surface area contributed by atoms with Crippen LogP contribution in [-0.4, -0.2) is 43.0 Å². The van der Waals surface area contributed by atoms with E-state index in [1.807, 2.05) is 24.3 Å². The number of anilines is 1. The summed E-state index contributed by atoms with van der Waals surface area (Å²) in [5, 5.41) is 0. The van der Waals surface area contributed by atoms with Crippen LogP contribution in [0.1, 0.15) is 38.6 Å². The number of fused-ring (bicyclic) bond motifs is 1. The Bertz CT molecular complexity index is 1470. The predicted octanol–water partition coefficient (Wildman–Crippen LogP) is 5.68. The van der Waals surface area contributed by atoms with E-state index in [4.69, 9.17) is 4.98 Å². The summed E-state index contributed by atoms with van der Waals surface area (Å²) in [5.74, 6) is 1.58. The zero-order valence-electron chi connectivity index (χ0n) is 22.1. The lowest BCUT2D eigenvalue weighted by molar-refractivity contribution is 0.308. The van der Waals surface area contributed by atoms with Gasteiger partial charge in [0.15, 0.2) is 0 Å². The number of rotatable bonds is 7. The molecule has 7 heteroatoms. The second kappa shape index (κ2) is 9.95. The second-order valence-corrected chi connectivity index (χ2v) is 13.1. The Morgan fingerprint density at radius 1 is 0.973 bits per heavy atom. The Hall–Kier alpha value is -3.16. The maximum absolute atomic E-state index is 13.2. The molecule has 0 aliphatic carbocycles. The van der Waals surface area contributed by atoms with E-state index < -0.39 is 10.0 Å². The van der Waals surface area contributed by atoms with Crippen LogP contribution in [0.3, 0.4) is 0 Å². The molecule has 3 aromatic carbocycles. The largest absolute Gasteiger partial charge is 0.327 e. The quantitative estimate of drug-likeness (QED) is 0.317. The highest BCUT2D eigenvalue weighted by Crippen LogP contribution is 2.32. The fourth-order valence-corrected chi connectivity index (χ4v) is 6.47. The van der Waals surface area contributed by atoms with Gasteiger partial charge in [0.05, 0.1) is 21.6 Å². The van der Waals surface area contributed by atoms with Gasteiger partial charge in [-0.2, -0.15) is 0 Å². The van der Waals surface area contributed by atoms with Crippen LogP contribution in [0.25, 0.3) is 11.0 Å². The monoisotopic (exact) mass is 516 g/mol. The summed E-state index contributed by atoms with van der Waals surface area (Å²) >= 11 is 0. The van der Waals surface area contributed by atoms with Gasteiger partial charge in [-0.05, 0) is 54.8 Å². The van der Waals surface area contributed by atoms with Gasteiger partial charge in [-0.3, -0.25) is 9.21 Å². The van der Waals surface area contributed by atoms with E-state index in [1.165, 1.54) is 9.87 Å². The lowest BCUT2D eigenvalue weighted by Crippen LogP contribution is -2.26. The minimum atomic E-state index is -3.65. The molecule has 0 amide bonds. The highest BCUT2D eigenvalue weighted by molar-refractivity contribution is 7.92. The van der Waals surface area contributed by atoms with E-state index >= 15 is 0 Å². The number of imidazole rings is 1. The van der Waals surface area contributed by atoms with Crippen LogP contribution < -0.4 is 4.31 Å². The first-order valence-corrected chi connectivity index (χ1v) is 14.4. The number of nitrogens with zero attached hydrogens (tertiary/aromatic N) is 4. The number of benzene rings is 3. The average molecular weight is 517 g/mol. The molecule has 194 valence electrons. The number of hydrogen-bond acceptors (Lipinski definition) is 4. The van der Waals surface area contributed by atoms with Crippen LogP contribution in [0.2, 0.25) is 0 Å². The van der Waals surface area contributed by atoms with E-state index in [1.54, 1.807) is 31.3 Å². The average Bonchev–Trinajstić information content (AvgIpc) is 3.48. The summed E-state index contributed by atoms with van der Waals surface area (Å²) in [6.07, 6.45) is 1.16. The van der Waals surface area contributed by atoms with E-state index in [9.17, 15) is 8.42 Å². The van der Waals surface area contributed by atoms with Crippen molar-refractivity contribution >= 4 is 26.7 Å². The van der Waals surface area contributed by atoms with Crippen molar-refractivity contribution < 1.29 is 8.42 Å². The van der Waals surface area contributed by atoms with Crippen LogP contribution in [-0.2, 0) is 28.5 Å². The summed E-state index contributed by atoms with van der Waals surface area (Å²) in [7, 11) is -2.05. The molecular formula is C30H36N4O2S. The van der Waals surface area contributed by atoms with Crippen LogP contribution in [0, 0.1) is 5.92 Å². The molecule has 0 saturated carbocycles. The van der Waals surface area contributed by atoms with Gasteiger partial charge in [-0.25, -0.2) is 13.4 Å². The Labute approximate surface area is 220 Å². The van der Waals surface area contributed by atoms with Crippen LogP contribution in [0.4, 0.5) is 5.69 Å². The molecule has 0 bridgehead atoms. The zero-order valence-corrected chi connectivity index (χ0v) is 22.9. The van der Waals surface area contributed by atoms with E-state index in [2.05, 4.69) is 60.6 Å². The van der Waals surface area contributed by atoms with Gasteiger partial charge in [-0.1, -0.05) is 69.3 Å². The maximum atomic E-state index is 13.2. The van der Waals surface area contributed by atoms with Crippen LogP contribution in [0.15, 0.2) is 83.8 Å². The van der Waals surface area contributed by atoms with E-state index in [0.717, 1.165) is 49.5 Å². The van der Waals surface area contributed by atoms with Gasteiger partial charge < -0.3 is 4.57 Å². The minimum Gasteiger partial charge on any atom is -0.327 e. The highest BCUT2D eigenvalue weighted by atomic mass is 32.2. The van der Waals surface area contributed by atoms with Crippen molar-refractivity contribution in [3.05, 3.63) is 90.3 Å². The summed E-state index contributed by atoms with van der Waals surface area (Å²) < 4.78 is 30.1. The number of hydrogen-bond donors (Lipinski definition) is 0. The fraction of sp³-hybridized carbons (Fsp3) is 0.367. The molecule has 5 rings (SSSR count). The Morgan fingerprint density at radius 3 is 2.32 bits per heavy atom. The lowest BCUT2D eigenvalue weighted by atomic mass is 9.95. The van der Waals surface area contributed by atoms with E-state index in [0.29, 0.717) is 11.6 Å². The third-order valence-electron chi connectivity index (χ3n) is 7.23. The predicted molar refractivity (Wildman–Crippen MR) is 150 cm³/mol. The lowest BCUT2D eigenvalue weighted by Gasteiger charge is -2.23. The fourth-order valence-electron chi connectivity index (χ4n) is 5.27. The molecule has 0 radical (unpaired) electrons. The molecule has 1 aromatic heterocycles. The molecule has 1 saturated heterocycles. The van der Waals surface area contributed by atoms with Gasteiger partial charge in [0, 0.05) is 32.1 Å². The molecule has 6 nitrogen and oxygen atoms in total. The first-order chi connectivity index (χ1) is 17.6. The van der Waals surface area contributed by atoms with Gasteiger partial charge >= 0.3 is 0 Å². The molecule has 37 heavy (non-hydrogen) atoms. The normalized spacial score (nSPS) is 16.9. The molecule has 1 atom stereocenters. The third kappa shape index (κ3) is 5.29. The molecule has 1 unspecified atom stereocenters. The molecule has 2 heterocycles. The van der Waals surface area contributed by atoms with Crippen molar-refractivity contribution in [1.82, 2.24) is 14.5 Å². The maximum Gasteiger partial charge on any atom is 0.264 e. The molecular weight excluding hydrogens is 480 g/mol. The first-order valence-electron chi connectivity index (χ1n) is 12.9. The van der Waals surface area contributed by atoms with Crippen molar-refractivity contribution in [2.45, 2.75) is 50.6 Å². The van der Waals surface area contributed by atoms with Crippen LogP contribution >= 0.6 is 0 Å². The summed E-state index contributed by atoms with van der Waals surface area (Å²) in [6.45, 7) is 10.6. The molecule has 4 aromatic rings. The number of aromatic nitrogens is 2. The van der Waals surface area contributed by atoms with Crippen LogP contribution in [0.5, 0.6) is 0 Å². The Kier molecular flexibility index (Phi) is 6.86. The van der Waals surface area contributed by atoms with Crippen molar-refractivity contribution in [3.8, 4) is 0 Å². The molecule has 0 N–H and O–H groups in total. The summed E-state index contributed by atoms with van der Waals surface area (Å²) in [4.78, 5) is 7.86. The molecule has 0 spiro atoms. The number of sulfonamides is 1. The topological polar surface area (TPSA) is 58.4 Å². The Balaban J connectivity index is 1.41. The Morgan fingerprint density at radius 2 is 1.65 bits per heavy atom. The third-order valence-corrected chi connectivity index (χ3v) is 9.03. The second-order valence-electron chi connectivity index (χ2n) is 11.1. The zero-order chi connectivity index (χ0) is 26.2. The van der Waals surface area contributed by atoms with Gasteiger partial charge in [0.25, 0.3) is 10.0 Å². The van der Waals surface area contributed by atoms with Gasteiger partial charge in [-0.15, -0.1) is 0 Å². The van der Waals surface area contributed by atoms with Gasteiger partial charge in [0.2, 0.25) is 0 Å².